The Bertz CT molecular complexity index is 557. The predicted molar refractivity (Wildman–Crippen MR) is 71.0 cm³/mol. The van der Waals surface area contributed by atoms with Crippen LogP contribution in [0.25, 0.3) is 0 Å². The van der Waals surface area contributed by atoms with Crippen LogP contribution in [0.4, 0.5) is 0 Å². The van der Waals surface area contributed by atoms with Gasteiger partial charge in [0.25, 0.3) is 0 Å². The van der Waals surface area contributed by atoms with Gasteiger partial charge in [0.15, 0.2) is 0 Å². The molecule has 5 nitrogen and oxygen atoms in total. The zero-order valence-electron chi connectivity index (χ0n) is 11.3. The Morgan fingerprint density at radius 3 is 3.10 bits per heavy atom. The second-order valence-electron chi connectivity index (χ2n) is 5.24. The van der Waals surface area contributed by atoms with Gasteiger partial charge in [-0.25, -0.2) is 4.79 Å². The van der Waals surface area contributed by atoms with Crippen molar-refractivity contribution < 1.29 is 19.1 Å². The number of ether oxygens (including phenoxy) is 2. The molecule has 0 aromatic heterocycles. The summed E-state index contributed by atoms with van der Waals surface area (Å²) in [6.07, 6.45) is 0.257. The Labute approximate surface area is 117 Å². The van der Waals surface area contributed by atoms with Gasteiger partial charge in [-0.2, -0.15) is 0 Å². The van der Waals surface area contributed by atoms with E-state index >= 15 is 0 Å². The van der Waals surface area contributed by atoms with Crippen molar-refractivity contribution in [3.8, 4) is 0 Å². The van der Waals surface area contributed by atoms with Gasteiger partial charge in [-0.3, -0.25) is 4.79 Å². The molecule has 0 aliphatic carbocycles. The quantitative estimate of drug-likeness (QED) is 0.815. The number of amides is 1. The minimum Gasteiger partial charge on any atom is -0.464 e. The van der Waals surface area contributed by atoms with E-state index in [1.807, 2.05) is 24.3 Å². The molecule has 2 aliphatic heterocycles. The molecule has 106 valence electrons. The molecule has 2 heterocycles. The number of fused-ring (bicyclic) bond motifs is 2. The lowest BCUT2D eigenvalue weighted by atomic mass is 9.72. The SMILES string of the molecule is CCOC(=O)C1NC(=O)CC12COCc1ccccc12. The molecule has 20 heavy (non-hydrogen) atoms. The summed E-state index contributed by atoms with van der Waals surface area (Å²) in [6.45, 7) is 2.92. The summed E-state index contributed by atoms with van der Waals surface area (Å²) in [5.41, 5.74) is 1.41. The number of rotatable bonds is 2. The zero-order chi connectivity index (χ0) is 14.2. The predicted octanol–water partition coefficient (Wildman–Crippen LogP) is 0.906. The van der Waals surface area contributed by atoms with Crippen molar-refractivity contribution in [1.82, 2.24) is 5.32 Å². The number of hydrogen-bond acceptors (Lipinski definition) is 4. The first-order valence-corrected chi connectivity index (χ1v) is 6.79. The molecule has 1 amide bonds. The van der Waals surface area contributed by atoms with E-state index in [2.05, 4.69) is 5.32 Å². The number of esters is 1. The Hall–Kier alpha value is -1.88. The van der Waals surface area contributed by atoms with E-state index in [0.29, 0.717) is 19.8 Å². The van der Waals surface area contributed by atoms with Crippen molar-refractivity contribution in [3.63, 3.8) is 0 Å². The van der Waals surface area contributed by atoms with Crippen molar-refractivity contribution >= 4 is 11.9 Å². The molecule has 5 heteroatoms. The van der Waals surface area contributed by atoms with Gasteiger partial charge in [0.1, 0.15) is 6.04 Å². The van der Waals surface area contributed by atoms with Gasteiger partial charge in [0, 0.05) is 6.42 Å². The summed E-state index contributed by atoms with van der Waals surface area (Å²) >= 11 is 0. The van der Waals surface area contributed by atoms with Gasteiger partial charge in [0.05, 0.1) is 25.2 Å². The van der Waals surface area contributed by atoms with Gasteiger partial charge in [-0.1, -0.05) is 24.3 Å². The van der Waals surface area contributed by atoms with E-state index in [0.717, 1.165) is 11.1 Å². The van der Waals surface area contributed by atoms with Crippen molar-refractivity contribution in [2.75, 3.05) is 13.2 Å². The third kappa shape index (κ3) is 1.89. The molecule has 1 aromatic rings. The molecule has 2 aliphatic rings. The van der Waals surface area contributed by atoms with Gasteiger partial charge in [-0.15, -0.1) is 0 Å². The number of carbonyl (C=O) groups is 2. The molecule has 0 radical (unpaired) electrons. The van der Waals surface area contributed by atoms with Crippen LogP contribution in [-0.2, 0) is 31.1 Å². The van der Waals surface area contributed by atoms with Crippen molar-refractivity contribution in [2.45, 2.75) is 31.4 Å². The summed E-state index contributed by atoms with van der Waals surface area (Å²) < 4.78 is 10.7. The molecule has 2 atom stereocenters. The minimum absolute atomic E-state index is 0.136. The average molecular weight is 275 g/mol. The summed E-state index contributed by atoms with van der Waals surface area (Å²) in [6, 6.07) is 7.14. The fraction of sp³-hybridized carbons (Fsp3) is 0.467. The first-order chi connectivity index (χ1) is 9.67. The normalized spacial score (nSPS) is 28.1. The molecule has 0 bridgehead atoms. The Morgan fingerprint density at radius 2 is 2.30 bits per heavy atom. The van der Waals surface area contributed by atoms with E-state index in [4.69, 9.17) is 9.47 Å². The second kappa shape index (κ2) is 4.90. The number of hydrogen-bond donors (Lipinski definition) is 1. The molecule has 1 saturated heterocycles. The first kappa shape index (κ1) is 13.1. The van der Waals surface area contributed by atoms with Crippen molar-refractivity contribution in [2.24, 2.45) is 0 Å². The van der Waals surface area contributed by atoms with Crippen LogP contribution in [0.2, 0.25) is 0 Å². The van der Waals surface area contributed by atoms with Gasteiger partial charge in [-0.05, 0) is 18.1 Å². The summed E-state index contributed by atoms with van der Waals surface area (Å²) in [7, 11) is 0. The van der Waals surface area contributed by atoms with E-state index in [1.54, 1.807) is 6.92 Å². The lowest BCUT2D eigenvalue weighted by Crippen LogP contribution is -2.51. The molecule has 1 aromatic carbocycles. The van der Waals surface area contributed by atoms with Crippen LogP contribution >= 0.6 is 0 Å². The molecule has 1 spiro atoms. The monoisotopic (exact) mass is 275 g/mol. The zero-order valence-corrected chi connectivity index (χ0v) is 11.3. The maximum absolute atomic E-state index is 12.2. The maximum Gasteiger partial charge on any atom is 0.329 e. The molecular weight excluding hydrogens is 258 g/mol. The van der Waals surface area contributed by atoms with Crippen LogP contribution in [0.5, 0.6) is 0 Å². The van der Waals surface area contributed by atoms with Crippen LogP contribution in [0.3, 0.4) is 0 Å². The largest absolute Gasteiger partial charge is 0.464 e. The topological polar surface area (TPSA) is 64.6 Å². The lowest BCUT2D eigenvalue weighted by Gasteiger charge is -2.37. The van der Waals surface area contributed by atoms with E-state index in [-0.39, 0.29) is 12.3 Å². The van der Waals surface area contributed by atoms with Gasteiger partial charge >= 0.3 is 5.97 Å². The molecule has 3 rings (SSSR count). The van der Waals surface area contributed by atoms with Crippen molar-refractivity contribution in [1.29, 1.82) is 0 Å². The van der Waals surface area contributed by atoms with E-state index < -0.39 is 17.4 Å². The maximum atomic E-state index is 12.2. The highest BCUT2D eigenvalue weighted by molar-refractivity contribution is 5.92. The lowest BCUT2D eigenvalue weighted by molar-refractivity contribution is -0.148. The Morgan fingerprint density at radius 1 is 1.50 bits per heavy atom. The standard InChI is InChI=1S/C15H17NO4/c1-2-20-14(18)13-15(7-12(17)16-13)9-19-8-10-5-3-4-6-11(10)15/h3-6,13H,2,7-9H2,1H3,(H,16,17). The minimum atomic E-state index is -0.670. The van der Waals surface area contributed by atoms with Crippen LogP contribution in [-0.4, -0.2) is 31.1 Å². The summed E-state index contributed by atoms with van der Waals surface area (Å²) in [5, 5.41) is 2.75. The molecule has 1 N–H and O–H groups in total. The Balaban J connectivity index is 2.06. The van der Waals surface area contributed by atoms with Crippen LogP contribution in [0.1, 0.15) is 24.5 Å². The molecular formula is C15H17NO4. The fourth-order valence-electron chi connectivity index (χ4n) is 3.19. The Kier molecular flexibility index (Phi) is 3.22. The van der Waals surface area contributed by atoms with Crippen molar-refractivity contribution in [3.05, 3.63) is 35.4 Å². The van der Waals surface area contributed by atoms with E-state index in [1.165, 1.54) is 0 Å². The van der Waals surface area contributed by atoms with E-state index in [9.17, 15) is 9.59 Å². The third-order valence-electron chi connectivity index (χ3n) is 4.03. The first-order valence-electron chi connectivity index (χ1n) is 6.79. The smallest absolute Gasteiger partial charge is 0.329 e. The highest BCUT2D eigenvalue weighted by Crippen LogP contribution is 2.41. The van der Waals surface area contributed by atoms with Crippen LogP contribution < -0.4 is 5.32 Å². The van der Waals surface area contributed by atoms with Crippen LogP contribution in [0.15, 0.2) is 24.3 Å². The molecule has 2 unspecified atom stereocenters. The van der Waals surface area contributed by atoms with Crippen LogP contribution in [0, 0.1) is 0 Å². The molecule has 0 saturated carbocycles. The third-order valence-corrected chi connectivity index (χ3v) is 4.03. The number of benzene rings is 1. The summed E-state index contributed by atoms with van der Waals surface area (Å²) in [5.74, 6) is -0.526. The highest BCUT2D eigenvalue weighted by atomic mass is 16.5. The molecule has 1 fully saturated rings. The number of nitrogens with one attached hydrogen (secondary N) is 1. The summed E-state index contributed by atoms with van der Waals surface area (Å²) in [4.78, 5) is 24.1. The van der Waals surface area contributed by atoms with Gasteiger partial charge < -0.3 is 14.8 Å². The average Bonchev–Trinajstić information content (AvgIpc) is 2.77. The van der Waals surface area contributed by atoms with Gasteiger partial charge in [0.2, 0.25) is 5.91 Å². The number of carbonyl (C=O) groups excluding carboxylic acids is 2. The fourth-order valence-corrected chi connectivity index (χ4v) is 3.19. The second-order valence-corrected chi connectivity index (χ2v) is 5.24. The highest BCUT2D eigenvalue weighted by Gasteiger charge is 2.54.